The molecule has 6 aromatic heterocycles. The fraction of sp³-hybridized carbons (Fsp3) is 0.292. The Labute approximate surface area is 390 Å². The molecule has 2 saturated heterocycles. The number of carbonyl (C=O) groups is 4. The largest absolute Gasteiger partial charge is 0.360 e. The van der Waals surface area contributed by atoms with Gasteiger partial charge in [-0.05, 0) is 86.3 Å². The van der Waals surface area contributed by atoms with Crippen LogP contribution in [-0.4, -0.2) is 127 Å². The Bertz CT molecular complexity index is 3030. The number of aromatic nitrogens is 8. The molecule has 2 aliphatic rings. The Morgan fingerprint density at radius 2 is 1.12 bits per heavy atom. The number of benzene rings is 1. The lowest BCUT2D eigenvalue weighted by Crippen LogP contribution is -2.39. The van der Waals surface area contributed by atoms with Crippen molar-refractivity contribution >= 4 is 41.2 Å². The van der Waals surface area contributed by atoms with Gasteiger partial charge in [0.2, 0.25) is 35.5 Å². The van der Waals surface area contributed by atoms with Crippen molar-refractivity contribution in [2.24, 2.45) is 0 Å². The van der Waals surface area contributed by atoms with E-state index in [1.54, 1.807) is 93.4 Å². The lowest BCUT2D eigenvalue weighted by molar-refractivity contribution is -0.128. The van der Waals surface area contributed by atoms with E-state index >= 15 is 0 Å². The van der Waals surface area contributed by atoms with Gasteiger partial charge < -0.3 is 39.7 Å². The average molecular weight is 917 g/mol. The minimum atomic E-state index is -0.718. The zero-order chi connectivity index (χ0) is 47.6. The molecule has 346 valence electrons. The van der Waals surface area contributed by atoms with E-state index in [0.717, 1.165) is 11.1 Å². The second-order valence-electron chi connectivity index (χ2n) is 16.8. The molecule has 4 atom stereocenters. The van der Waals surface area contributed by atoms with Gasteiger partial charge in [-0.25, -0.2) is 29.9 Å². The lowest BCUT2D eigenvalue weighted by atomic mass is 10.0. The summed E-state index contributed by atoms with van der Waals surface area (Å²) in [6.07, 6.45) is 4.47. The minimum Gasteiger partial charge on any atom is -0.360 e. The average Bonchev–Trinajstić information content (AvgIpc) is 4.19. The highest BCUT2D eigenvalue weighted by molar-refractivity contribution is 5.98. The van der Waals surface area contributed by atoms with Crippen molar-refractivity contribution in [3.63, 3.8) is 0 Å². The molecule has 0 aliphatic carbocycles. The number of anilines is 3. The molecule has 0 bridgehead atoms. The number of likely N-dealkylation sites (tertiary alicyclic amines) is 2. The highest BCUT2D eigenvalue weighted by atomic mass is 16.5. The summed E-state index contributed by atoms with van der Waals surface area (Å²) in [5, 5.41) is 17.3. The standard InChI is InChI=1S/C48H48N14O6/c1-26(43(63)49-3)52-47-50-19-15-36(57-47)37-22-29(23-38(55-37)40-25-42(68-59-40)32-17-21-61(5)46(32)66)28-10-12-30(13-11-28)62(6)44(64)27(2)53-48-51-18-14-35(56-48)33-8-7-9-34(54-33)39-24-41(67-58-39)31-16-20-60(4)45(31)65/h7-15,18-19,22-27,31-32H,16-17,20-21H2,1-6H3,(H,49,63)(H,50,52,57)(H,51,53,56)/t26-,27-,31-,32-/m0/s1. The molecule has 1 aromatic carbocycles. The zero-order valence-electron chi connectivity index (χ0n) is 38.2. The van der Waals surface area contributed by atoms with Crippen molar-refractivity contribution in [3.8, 4) is 56.7 Å². The van der Waals surface area contributed by atoms with Gasteiger partial charge in [0.05, 0.1) is 34.2 Å². The summed E-state index contributed by atoms with van der Waals surface area (Å²) in [5.74, 6) is 0.198. The van der Waals surface area contributed by atoms with E-state index < -0.39 is 18.0 Å². The summed E-state index contributed by atoms with van der Waals surface area (Å²) in [7, 11) is 6.79. The normalized spacial score (nSPS) is 16.7. The van der Waals surface area contributed by atoms with Gasteiger partial charge >= 0.3 is 0 Å². The Morgan fingerprint density at radius 1 is 0.632 bits per heavy atom. The van der Waals surface area contributed by atoms with Gasteiger partial charge in [-0.2, -0.15) is 0 Å². The first-order valence-electron chi connectivity index (χ1n) is 22.1. The van der Waals surface area contributed by atoms with Gasteiger partial charge in [0.15, 0.2) is 0 Å². The van der Waals surface area contributed by atoms with Crippen LogP contribution in [0.5, 0.6) is 0 Å². The van der Waals surface area contributed by atoms with Crippen molar-refractivity contribution < 1.29 is 28.2 Å². The molecule has 0 saturated carbocycles. The van der Waals surface area contributed by atoms with Crippen molar-refractivity contribution in [2.75, 3.05) is 56.8 Å². The van der Waals surface area contributed by atoms with Gasteiger partial charge in [0, 0.05) is 71.5 Å². The van der Waals surface area contributed by atoms with Crippen LogP contribution in [0.1, 0.15) is 50.0 Å². The van der Waals surface area contributed by atoms with Gasteiger partial charge in [0.25, 0.3) is 0 Å². The predicted octanol–water partition coefficient (Wildman–Crippen LogP) is 5.27. The predicted molar refractivity (Wildman–Crippen MR) is 251 cm³/mol. The van der Waals surface area contributed by atoms with Crippen LogP contribution in [0, 0.1) is 0 Å². The second-order valence-corrected chi connectivity index (χ2v) is 16.8. The molecule has 8 heterocycles. The Balaban J connectivity index is 0.920. The highest BCUT2D eigenvalue weighted by Crippen LogP contribution is 2.35. The second kappa shape index (κ2) is 18.8. The van der Waals surface area contributed by atoms with Gasteiger partial charge in [-0.1, -0.05) is 28.5 Å². The molecule has 7 aromatic rings. The summed E-state index contributed by atoms with van der Waals surface area (Å²) in [6, 6.07) is 22.4. The number of rotatable bonds is 14. The van der Waals surface area contributed by atoms with Gasteiger partial charge in [0.1, 0.15) is 46.8 Å². The number of nitrogens with zero attached hydrogens (tertiary/aromatic N) is 11. The topological polar surface area (TPSA) is 243 Å². The van der Waals surface area contributed by atoms with Crippen LogP contribution >= 0.6 is 0 Å². The molecule has 4 amide bonds. The Kier molecular flexibility index (Phi) is 12.4. The van der Waals surface area contributed by atoms with Crippen LogP contribution in [0.4, 0.5) is 17.6 Å². The van der Waals surface area contributed by atoms with Crippen LogP contribution in [0.15, 0.2) is 100 Å². The molecular weight excluding hydrogens is 869 g/mol. The lowest BCUT2D eigenvalue weighted by Gasteiger charge is -2.22. The van der Waals surface area contributed by atoms with Crippen molar-refractivity contribution in [1.82, 2.24) is 55.3 Å². The fourth-order valence-electron chi connectivity index (χ4n) is 8.17. The number of likely N-dealkylation sites (N-methyl/N-ethyl adjacent to an activating group) is 4. The maximum Gasteiger partial charge on any atom is 0.249 e. The molecule has 0 spiro atoms. The highest BCUT2D eigenvalue weighted by Gasteiger charge is 2.35. The molecule has 3 N–H and O–H groups in total. The van der Waals surface area contributed by atoms with Crippen molar-refractivity contribution in [1.29, 1.82) is 0 Å². The van der Waals surface area contributed by atoms with Crippen LogP contribution < -0.4 is 20.9 Å². The molecule has 2 fully saturated rings. The van der Waals surface area contributed by atoms with E-state index in [1.165, 1.54) is 0 Å². The summed E-state index contributed by atoms with van der Waals surface area (Å²) in [6.45, 7) is 4.73. The van der Waals surface area contributed by atoms with E-state index in [1.807, 2.05) is 54.6 Å². The first-order valence-corrected chi connectivity index (χ1v) is 22.1. The quantitative estimate of drug-likeness (QED) is 0.126. The van der Waals surface area contributed by atoms with Crippen molar-refractivity contribution in [3.05, 3.63) is 103 Å². The first kappa shape index (κ1) is 44.8. The van der Waals surface area contributed by atoms with Crippen LogP contribution in [0.3, 0.4) is 0 Å². The summed E-state index contributed by atoms with van der Waals surface area (Å²) in [5.41, 5.74) is 6.29. The molecule has 20 heteroatoms. The Morgan fingerprint density at radius 3 is 1.66 bits per heavy atom. The summed E-state index contributed by atoms with van der Waals surface area (Å²) >= 11 is 0. The minimum absolute atomic E-state index is 0.00535. The number of amides is 4. The van der Waals surface area contributed by atoms with Gasteiger partial charge in [-0.15, -0.1) is 0 Å². The smallest absolute Gasteiger partial charge is 0.249 e. The fourth-order valence-corrected chi connectivity index (χ4v) is 8.17. The Hall–Kier alpha value is -8.42. The van der Waals surface area contributed by atoms with E-state index in [9.17, 15) is 19.2 Å². The maximum atomic E-state index is 13.9. The molecule has 68 heavy (non-hydrogen) atoms. The van der Waals surface area contributed by atoms with E-state index in [-0.39, 0.29) is 41.4 Å². The molecular formula is C48H48N14O6. The molecule has 0 unspecified atom stereocenters. The van der Waals surface area contributed by atoms with Crippen LogP contribution in [0.2, 0.25) is 0 Å². The van der Waals surface area contributed by atoms with Gasteiger partial charge in [-0.3, -0.25) is 19.2 Å². The first-order chi connectivity index (χ1) is 32.8. The number of pyridine rings is 2. The third kappa shape index (κ3) is 9.20. The third-order valence-corrected chi connectivity index (χ3v) is 12.2. The zero-order valence-corrected chi connectivity index (χ0v) is 38.2. The monoisotopic (exact) mass is 916 g/mol. The van der Waals surface area contributed by atoms with Crippen LogP contribution in [0.25, 0.3) is 56.7 Å². The maximum absolute atomic E-state index is 13.9. The molecule has 20 nitrogen and oxygen atoms in total. The SMILES string of the molecule is CNC(=O)[C@H](C)Nc1nccc(-c2cc(-c3ccc(N(C)C(=O)[C@H](C)Nc4nccc(-c5cccc(-c6cc([C@@H]7CCN(C)C7=O)on6)n5)n4)cc3)cc(-c3cc([C@@H]4CCN(C)C4=O)on3)n2)n1. The number of nitrogens with one attached hydrogen (secondary N) is 3. The van der Waals surface area contributed by atoms with Crippen LogP contribution in [-0.2, 0) is 19.2 Å². The third-order valence-electron chi connectivity index (χ3n) is 12.2. The molecule has 9 rings (SSSR count). The van der Waals surface area contributed by atoms with E-state index in [0.29, 0.717) is 88.7 Å². The molecule has 0 radical (unpaired) electrons. The number of hydrogen-bond acceptors (Lipinski definition) is 16. The van der Waals surface area contributed by atoms with E-state index in [4.69, 9.17) is 19.0 Å². The number of hydrogen-bond donors (Lipinski definition) is 3. The summed E-state index contributed by atoms with van der Waals surface area (Å²) in [4.78, 5) is 84.1. The van der Waals surface area contributed by atoms with Crippen molar-refractivity contribution in [2.45, 2.75) is 50.6 Å². The summed E-state index contributed by atoms with van der Waals surface area (Å²) < 4.78 is 11.3. The number of carbonyl (C=O) groups excluding carboxylic acids is 4. The molecule has 2 aliphatic heterocycles. The van der Waals surface area contributed by atoms with E-state index in [2.05, 4.69) is 46.2 Å².